The highest BCUT2D eigenvalue weighted by Crippen LogP contribution is 2.21. The molecule has 5 nitrogen and oxygen atoms in total. The predicted molar refractivity (Wildman–Crippen MR) is 124 cm³/mol. The first-order valence-electron chi connectivity index (χ1n) is 10.5. The number of hydrogen-bond acceptors (Lipinski definition) is 4. The first-order chi connectivity index (χ1) is 15.1. The van der Waals surface area contributed by atoms with Crippen molar-refractivity contribution in [3.63, 3.8) is 0 Å². The molecule has 3 aromatic rings. The Labute approximate surface area is 183 Å². The van der Waals surface area contributed by atoms with Gasteiger partial charge in [-0.3, -0.25) is 4.79 Å². The van der Waals surface area contributed by atoms with Gasteiger partial charge in [0.2, 0.25) is 0 Å². The van der Waals surface area contributed by atoms with Crippen LogP contribution in [0, 0.1) is 0 Å². The molecular weight excluding hydrogens is 388 g/mol. The summed E-state index contributed by atoms with van der Waals surface area (Å²) in [6.45, 7) is 4.74. The van der Waals surface area contributed by atoms with Crippen molar-refractivity contribution in [3.05, 3.63) is 95.6 Å². The van der Waals surface area contributed by atoms with Gasteiger partial charge in [0.05, 0.1) is 6.21 Å². The molecule has 0 heterocycles. The molecule has 0 radical (unpaired) electrons. The first-order valence-corrected chi connectivity index (χ1v) is 10.5. The third-order valence-corrected chi connectivity index (χ3v) is 4.94. The fourth-order valence-electron chi connectivity index (χ4n) is 2.91. The van der Waals surface area contributed by atoms with E-state index in [0.717, 1.165) is 23.3 Å². The van der Waals surface area contributed by atoms with Crippen LogP contribution in [-0.4, -0.2) is 18.7 Å². The number of nitrogens with zero attached hydrogens (tertiary/aromatic N) is 1. The standard InChI is InChI=1S/C26H28N2O3/c1-3-20(2)23-12-14-24(15-13-23)31-19-26(29)28-27-17-22-10-7-11-25(16-22)30-18-21-8-5-4-6-9-21/h4-17,20H,3,18-19H2,1-2H3,(H,28,29)/b27-17+. The van der Waals surface area contributed by atoms with E-state index < -0.39 is 0 Å². The molecule has 0 aliphatic heterocycles. The molecule has 1 amide bonds. The molecule has 1 unspecified atom stereocenters. The van der Waals surface area contributed by atoms with Gasteiger partial charge in [0, 0.05) is 0 Å². The summed E-state index contributed by atoms with van der Waals surface area (Å²) in [4.78, 5) is 12.0. The fourth-order valence-corrected chi connectivity index (χ4v) is 2.91. The number of carbonyl (C=O) groups is 1. The van der Waals surface area contributed by atoms with Crippen molar-refractivity contribution in [1.82, 2.24) is 5.43 Å². The second-order valence-electron chi connectivity index (χ2n) is 7.31. The molecule has 31 heavy (non-hydrogen) atoms. The van der Waals surface area contributed by atoms with E-state index in [2.05, 4.69) is 24.4 Å². The smallest absolute Gasteiger partial charge is 0.277 e. The maximum absolute atomic E-state index is 12.0. The number of amides is 1. The highest BCUT2D eigenvalue weighted by atomic mass is 16.5. The minimum Gasteiger partial charge on any atom is -0.489 e. The van der Waals surface area contributed by atoms with Gasteiger partial charge in [-0.2, -0.15) is 5.10 Å². The van der Waals surface area contributed by atoms with E-state index in [-0.39, 0.29) is 12.5 Å². The van der Waals surface area contributed by atoms with Crippen LogP contribution in [0.15, 0.2) is 84.0 Å². The largest absolute Gasteiger partial charge is 0.489 e. The van der Waals surface area contributed by atoms with E-state index in [0.29, 0.717) is 18.3 Å². The van der Waals surface area contributed by atoms with Crippen molar-refractivity contribution in [2.24, 2.45) is 5.10 Å². The van der Waals surface area contributed by atoms with Gasteiger partial charge in [0.15, 0.2) is 6.61 Å². The molecule has 1 N–H and O–H groups in total. The quantitative estimate of drug-likeness (QED) is 0.360. The second kappa shape index (κ2) is 11.6. The Bertz CT molecular complexity index is 985. The van der Waals surface area contributed by atoms with Crippen LogP contribution >= 0.6 is 0 Å². The van der Waals surface area contributed by atoms with Crippen molar-refractivity contribution >= 4 is 12.1 Å². The van der Waals surface area contributed by atoms with Gasteiger partial charge in [0.25, 0.3) is 5.91 Å². The SMILES string of the molecule is CCC(C)c1ccc(OCC(=O)N/N=C/c2cccc(OCc3ccccc3)c2)cc1. The average molecular weight is 417 g/mol. The Morgan fingerprint density at radius 3 is 2.48 bits per heavy atom. The van der Waals surface area contributed by atoms with Crippen LogP contribution in [-0.2, 0) is 11.4 Å². The van der Waals surface area contributed by atoms with Gasteiger partial charge in [-0.05, 0) is 53.3 Å². The van der Waals surface area contributed by atoms with E-state index >= 15 is 0 Å². The molecule has 160 valence electrons. The number of hydrazone groups is 1. The molecule has 0 aliphatic carbocycles. The van der Waals surface area contributed by atoms with Crippen LogP contribution in [0.5, 0.6) is 11.5 Å². The zero-order valence-corrected chi connectivity index (χ0v) is 18.0. The number of rotatable bonds is 10. The molecule has 3 rings (SSSR count). The molecule has 3 aromatic carbocycles. The minimum absolute atomic E-state index is 0.0970. The normalized spacial score (nSPS) is 11.8. The summed E-state index contributed by atoms with van der Waals surface area (Å²) in [6, 6.07) is 25.3. The number of benzene rings is 3. The summed E-state index contributed by atoms with van der Waals surface area (Å²) >= 11 is 0. The zero-order chi connectivity index (χ0) is 21.9. The fraction of sp³-hybridized carbons (Fsp3) is 0.231. The lowest BCUT2D eigenvalue weighted by Crippen LogP contribution is -2.24. The third kappa shape index (κ3) is 7.30. The van der Waals surface area contributed by atoms with Crippen LogP contribution in [0.25, 0.3) is 0 Å². The summed E-state index contributed by atoms with van der Waals surface area (Å²) in [5, 5.41) is 4.00. The van der Waals surface area contributed by atoms with Gasteiger partial charge in [-0.1, -0.05) is 68.4 Å². The van der Waals surface area contributed by atoms with Crippen LogP contribution in [0.2, 0.25) is 0 Å². The molecule has 0 saturated heterocycles. The molecule has 0 saturated carbocycles. The average Bonchev–Trinajstić information content (AvgIpc) is 2.82. The molecule has 0 aliphatic rings. The molecule has 1 atom stereocenters. The number of ether oxygens (including phenoxy) is 2. The Hall–Kier alpha value is -3.60. The third-order valence-electron chi connectivity index (χ3n) is 4.94. The monoisotopic (exact) mass is 416 g/mol. The number of carbonyl (C=O) groups excluding carboxylic acids is 1. The van der Waals surface area contributed by atoms with Crippen molar-refractivity contribution in [2.45, 2.75) is 32.8 Å². The minimum atomic E-state index is -0.321. The molecule has 0 fully saturated rings. The van der Waals surface area contributed by atoms with Crippen molar-refractivity contribution in [2.75, 3.05) is 6.61 Å². The van der Waals surface area contributed by atoms with Gasteiger partial charge < -0.3 is 9.47 Å². The zero-order valence-electron chi connectivity index (χ0n) is 18.0. The highest BCUT2D eigenvalue weighted by molar-refractivity contribution is 5.83. The van der Waals surface area contributed by atoms with Gasteiger partial charge in [-0.15, -0.1) is 0 Å². The lowest BCUT2D eigenvalue weighted by Gasteiger charge is -2.10. The summed E-state index contributed by atoms with van der Waals surface area (Å²) in [5.41, 5.74) is 5.67. The Morgan fingerprint density at radius 2 is 1.74 bits per heavy atom. The van der Waals surface area contributed by atoms with Crippen LogP contribution in [0.3, 0.4) is 0 Å². The van der Waals surface area contributed by atoms with Crippen LogP contribution < -0.4 is 14.9 Å². The Balaban J connectivity index is 1.44. The van der Waals surface area contributed by atoms with Gasteiger partial charge in [-0.25, -0.2) is 5.43 Å². The van der Waals surface area contributed by atoms with Crippen molar-refractivity contribution < 1.29 is 14.3 Å². The Morgan fingerprint density at radius 1 is 0.968 bits per heavy atom. The molecule has 0 spiro atoms. The molecule has 0 bridgehead atoms. The molecule has 0 aromatic heterocycles. The number of hydrogen-bond donors (Lipinski definition) is 1. The molecule has 5 heteroatoms. The van der Waals surface area contributed by atoms with Crippen molar-refractivity contribution in [3.8, 4) is 11.5 Å². The van der Waals surface area contributed by atoms with Gasteiger partial charge >= 0.3 is 0 Å². The second-order valence-corrected chi connectivity index (χ2v) is 7.31. The van der Waals surface area contributed by atoms with E-state index in [4.69, 9.17) is 9.47 Å². The maximum atomic E-state index is 12.0. The van der Waals surface area contributed by atoms with E-state index in [1.807, 2.05) is 78.9 Å². The lowest BCUT2D eigenvalue weighted by molar-refractivity contribution is -0.123. The summed E-state index contributed by atoms with van der Waals surface area (Å²) in [7, 11) is 0. The molecular formula is C26H28N2O3. The highest BCUT2D eigenvalue weighted by Gasteiger charge is 2.05. The maximum Gasteiger partial charge on any atom is 0.277 e. The number of nitrogens with one attached hydrogen (secondary N) is 1. The van der Waals surface area contributed by atoms with Crippen LogP contribution in [0.4, 0.5) is 0 Å². The van der Waals surface area contributed by atoms with E-state index in [1.165, 1.54) is 5.56 Å². The predicted octanol–water partition coefficient (Wildman–Crippen LogP) is 5.31. The van der Waals surface area contributed by atoms with E-state index in [1.54, 1.807) is 6.21 Å². The Kier molecular flexibility index (Phi) is 8.23. The van der Waals surface area contributed by atoms with E-state index in [9.17, 15) is 4.79 Å². The van der Waals surface area contributed by atoms with Gasteiger partial charge in [0.1, 0.15) is 18.1 Å². The summed E-state index contributed by atoms with van der Waals surface area (Å²) in [5.74, 6) is 1.59. The summed E-state index contributed by atoms with van der Waals surface area (Å²) in [6.07, 6.45) is 2.66. The first kappa shape index (κ1) is 22.1. The lowest BCUT2D eigenvalue weighted by atomic mass is 9.99. The topological polar surface area (TPSA) is 59.9 Å². The van der Waals surface area contributed by atoms with Crippen LogP contribution in [0.1, 0.15) is 42.9 Å². The van der Waals surface area contributed by atoms with Crippen molar-refractivity contribution in [1.29, 1.82) is 0 Å². The summed E-state index contributed by atoms with van der Waals surface area (Å²) < 4.78 is 11.3.